The number of aromatic nitrogens is 3. The highest BCUT2D eigenvalue weighted by molar-refractivity contribution is 7.98. The van der Waals surface area contributed by atoms with Crippen LogP contribution in [0.2, 0.25) is 5.02 Å². The van der Waals surface area contributed by atoms with Crippen LogP contribution in [0.5, 0.6) is 5.75 Å². The maximum absolute atomic E-state index is 6.18. The monoisotopic (exact) mass is 345 g/mol. The van der Waals surface area contributed by atoms with Gasteiger partial charge in [-0.2, -0.15) is 0 Å². The molecule has 2 aromatic carbocycles. The molecule has 1 heterocycles. The summed E-state index contributed by atoms with van der Waals surface area (Å²) in [7, 11) is 1.94. The van der Waals surface area contributed by atoms with Gasteiger partial charge in [0.25, 0.3) is 0 Å². The van der Waals surface area contributed by atoms with Crippen LogP contribution in [0.15, 0.2) is 59.8 Å². The highest BCUT2D eigenvalue weighted by Gasteiger charge is 2.11. The second-order valence-corrected chi connectivity index (χ2v) is 6.29. The molecule has 0 unspecified atom stereocenters. The Morgan fingerprint density at radius 1 is 1.04 bits per heavy atom. The van der Waals surface area contributed by atoms with E-state index in [9.17, 15) is 0 Å². The Hall–Kier alpha value is -1.98. The molecule has 4 nitrogen and oxygen atoms in total. The number of benzene rings is 2. The highest BCUT2D eigenvalue weighted by Crippen LogP contribution is 2.25. The van der Waals surface area contributed by atoms with E-state index in [-0.39, 0.29) is 0 Å². The predicted octanol–water partition coefficient (Wildman–Crippen LogP) is 4.34. The Morgan fingerprint density at radius 2 is 1.78 bits per heavy atom. The first-order valence-corrected chi connectivity index (χ1v) is 8.52. The van der Waals surface area contributed by atoms with E-state index in [2.05, 4.69) is 10.2 Å². The van der Waals surface area contributed by atoms with Gasteiger partial charge < -0.3 is 9.30 Å². The molecule has 0 radical (unpaired) electrons. The number of thioether (sulfide) groups is 1. The summed E-state index contributed by atoms with van der Waals surface area (Å²) in [5.41, 5.74) is 1.09. The molecule has 0 amide bonds. The van der Waals surface area contributed by atoms with Gasteiger partial charge in [0, 0.05) is 17.8 Å². The van der Waals surface area contributed by atoms with Crippen molar-refractivity contribution >= 4 is 23.4 Å². The summed E-state index contributed by atoms with van der Waals surface area (Å²) in [6.45, 7) is 0.389. The first-order valence-electron chi connectivity index (χ1n) is 7.16. The van der Waals surface area contributed by atoms with Gasteiger partial charge in [0.05, 0.1) is 0 Å². The van der Waals surface area contributed by atoms with Gasteiger partial charge in [0.1, 0.15) is 12.4 Å². The largest absolute Gasteiger partial charge is 0.486 e. The van der Waals surface area contributed by atoms with E-state index >= 15 is 0 Å². The van der Waals surface area contributed by atoms with Gasteiger partial charge >= 0.3 is 0 Å². The molecule has 1 aromatic heterocycles. The van der Waals surface area contributed by atoms with Gasteiger partial charge in [-0.15, -0.1) is 10.2 Å². The zero-order valence-electron chi connectivity index (χ0n) is 12.6. The molecule has 3 rings (SSSR count). The fraction of sp³-hybridized carbons (Fsp3) is 0.176. The summed E-state index contributed by atoms with van der Waals surface area (Å²) in [6.07, 6.45) is 0. The van der Waals surface area contributed by atoms with Crippen LogP contribution in [0.1, 0.15) is 11.4 Å². The van der Waals surface area contributed by atoms with E-state index in [1.54, 1.807) is 11.8 Å². The van der Waals surface area contributed by atoms with Gasteiger partial charge in [-0.1, -0.05) is 59.8 Å². The SMILES string of the molecule is Cn1c(COc2ccccc2)nnc1SCc1ccccc1Cl. The summed E-state index contributed by atoms with van der Waals surface area (Å²) in [5.74, 6) is 2.36. The van der Waals surface area contributed by atoms with Crippen molar-refractivity contribution in [2.75, 3.05) is 0 Å². The van der Waals surface area contributed by atoms with Gasteiger partial charge in [-0.3, -0.25) is 0 Å². The summed E-state index contributed by atoms with van der Waals surface area (Å²) in [6, 6.07) is 17.5. The van der Waals surface area contributed by atoms with Crippen molar-refractivity contribution in [3.63, 3.8) is 0 Å². The molecule has 0 saturated carbocycles. The third-order valence-electron chi connectivity index (χ3n) is 3.35. The van der Waals surface area contributed by atoms with Gasteiger partial charge in [-0.05, 0) is 23.8 Å². The highest BCUT2D eigenvalue weighted by atomic mass is 35.5. The van der Waals surface area contributed by atoms with Crippen LogP contribution < -0.4 is 4.74 Å². The van der Waals surface area contributed by atoms with Crippen LogP contribution in [0.25, 0.3) is 0 Å². The number of nitrogens with zero attached hydrogens (tertiary/aromatic N) is 3. The Balaban J connectivity index is 1.62. The summed E-state index contributed by atoms with van der Waals surface area (Å²) in [5, 5.41) is 10.0. The van der Waals surface area contributed by atoms with Crippen molar-refractivity contribution in [1.29, 1.82) is 0 Å². The zero-order valence-corrected chi connectivity index (χ0v) is 14.2. The van der Waals surface area contributed by atoms with Crippen LogP contribution in [-0.2, 0) is 19.4 Å². The smallest absolute Gasteiger partial charge is 0.191 e. The van der Waals surface area contributed by atoms with E-state index in [0.29, 0.717) is 6.61 Å². The molecular formula is C17H16ClN3OS. The van der Waals surface area contributed by atoms with Crippen LogP contribution in [0.4, 0.5) is 0 Å². The first kappa shape index (κ1) is 15.9. The van der Waals surface area contributed by atoms with E-state index in [1.165, 1.54) is 0 Å². The van der Waals surface area contributed by atoms with Gasteiger partial charge in [0.2, 0.25) is 0 Å². The fourth-order valence-corrected chi connectivity index (χ4v) is 3.23. The lowest BCUT2D eigenvalue weighted by atomic mass is 10.2. The summed E-state index contributed by atoms with van der Waals surface area (Å²) in [4.78, 5) is 0. The van der Waals surface area contributed by atoms with E-state index < -0.39 is 0 Å². The van der Waals surface area contributed by atoms with E-state index in [1.807, 2.05) is 66.2 Å². The average molecular weight is 346 g/mol. The van der Waals surface area contributed by atoms with E-state index in [0.717, 1.165) is 33.1 Å². The zero-order chi connectivity index (χ0) is 16.1. The molecule has 0 atom stereocenters. The van der Waals surface area contributed by atoms with Gasteiger partial charge in [-0.25, -0.2) is 0 Å². The average Bonchev–Trinajstić information content (AvgIpc) is 2.93. The topological polar surface area (TPSA) is 39.9 Å². The molecular weight excluding hydrogens is 330 g/mol. The molecule has 118 valence electrons. The normalized spacial score (nSPS) is 10.7. The summed E-state index contributed by atoms with van der Waals surface area (Å²) < 4.78 is 7.66. The number of ether oxygens (including phenoxy) is 1. The molecule has 23 heavy (non-hydrogen) atoms. The Kier molecular flexibility index (Phi) is 5.20. The third-order valence-corrected chi connectivity index (χ3v) is 4.79. The lowest BCUT2D eigenvalue weighted by Gasteiger charge is -2.07. The Bertz CT molecular complexity index is 777. The minimum absolute atomic E-state index is 0.389. The number of para-hydroxylation sites is 1. The van der Waals surface area contributed by atoms with Gasteiger partial charge in [0.15, 0.2) is 11.0 Å². The second kappa shape index (κ2) is 7.53. The number of hydrogen-bond donors (Lipinski definition) is 0. The van der Waals surface area contributed by atoms with E-state index in [4.69, 9.17) is 16.3 Å². The Labute approximate surface area is 144 Å². The molecule has 0 aliphatic rings. The number of hydrogen-bond acceptors (Lipinski definition) is 4. The molecule has 0 N–H and O–H groups in total. The van der Waals surface area contributed by atoms with Crippen LogP contribution >= 0.6 is 23.4 Å². The number of halogens is 1. The predicted molar refractivity (Wildman–Crippen MR) is 92.8 cm³/mol. The molecule has 0 spiro atoms. The molecule has 0 aliphatic carbocycles. The fourth-order valence-electron chi connectivity index (χ4n) is 2.02. The van der Waals surface area contributed by atoms with Crippen molar-refractivity contribution in [2.45, 2.75) is 17.5 Å². The maximum Gasteiger partial charge on any atom is 0.191 e. The summed E-state index contributed by atoms with van der Waals surface area (Å²) >= 11 is 7.78. The van der Waals surface area contributed by atoms with Crippen LogP contribution in [-0.4, -0.2) is 14.8 Å². The minimum Gasteiger partial charge on any atom is -0.486 e. The maximum atomic E-state index is 6.18. The molecule has 0 aliphatic heterocycles. The molecule has 0 fully saturated rings. The Morgan fingerprint density at radius 3 is 2.57 bits per heavy atom. The third kappa shape index (κ3) is 4.06. The lowest BCUT2D eigenvalue weighted by Crippen LogP contribution is -2.04. The van der Waals surface area contributed by atoms with Crippen molar-refractivity contribution < 1.29 is 4.74 Å². The van der Waals surface area contributed by atoms with Crippen molar-refractivity contribution in [1.82, 2.24) is 14.8 Å². The minimum atomic E-state index is 0.389. The lowest BCUT2D eigenvalue weighted by molar-refractivity contribution is 0.290. The molecule has 0 bridgehead atoms. The number of rotatable bonds is 6. The molecule has 6 heteroatoms. The van der Waals surface area contributed by atoms with Crippen LogP contribution in [0, 0.1) is 0 Å². The van der Waals surface area contributed by atoms with Crippen LogP contribution in [0.3, 0.4) is 0 Å². The molecule has 0 saturated heterocycles. The first-order chi connectivity index (χ1) is 11.2. The standard InChI is InChI=1S/C17H16ClN3OS/c1-21-16(11-22-14-8-3-2-4-9-14)19-20-17(21)23-12-13-7-5-6-10-15(13)18/h2-10H,11-12H2,1H3. The second-order valence-electron chi connectivity index (χ2n) is 4.94. The quantitative estimate of drug-likeness (QED) is 0.623. The molecule has 3 aromatic rings. The van der Waals surface area contributed by atoms with Crippen molar-refractivity contribution in [3.8, 4) is 5.75 Å². The van der Waals surface area contributed by atoms with Crippen molar-refractivity contribution in [2.24, 2.45) is 7.05 Å². The van der Waals surface area contributed by atoms with Crippen molar-refractivity contribution in [3.05, 3.63) is 71.0 Å².